The van der Waals surface area contributed by atoms with E-state index in [9.17, 15) is 13.2 Å². The average molecular weight is 208 g/mol. The van der Waals surface area contributed by atoms with Gasteiger partial charge in [-0.15, -0.1) is 0 Å². The van der Waals surface area contributed by atoms with Crippen molar-refractivity contribution in [3.63, 3.8) is 0 Å². The molecule has 1 amide bonds. The highest BCUT2D eigenvalue weighted by molar-refractivity contribution is 7.89. The molecule has 0 spiro atoms. The highest BCUT2D eigenvalue weighted by atomic mass is 32.2. The maximum Gasteiger partial charge on any atom is 0.221 e. The van der Waals surface area contributed by atoms with Crippen LogP contribution < -0.4 is 10.0 Å². The quantitative estimate of drug-likeness (QED) is 0.615. The summed E-state index contributed by atoms with van der Waals surface area (Å²) in [7, 11) is -3.16. The molecule has 0 heterocycles. The normalized spacial score (nSPS) is 11.2. The third-order valence-corrected chi connectivity index (χ3v) is 2.83. The molecule has 0 saturated heterocycles. The number of nitrogens with one attached hydrogen (secondary N) is 2. The fourth-order valence-electron chi connectivity index (χ4n) is 0.708. The lowest BCUT2D eigenvalue weighted by atomic mass is 10.4. The van der Waals surface area contributed by atoms with Crippen LogP contribution in [0.5, 0.6) is 0 Å². The second-order valence-corrected chi connectivity index (χ2v) is 4.60. The van der Waals surface area contributed by atoms with Gasteiger partial charge in [-0.05, 0) is 13.8 Å². The van der Waals surface area contributed by atoms with Crippen LogP contribution in [-0.2, 0) is 14.8 Å². The van der Waals surface area contributed by atoms with Gasteiger partial charge in [0, 0.05) is 19.5 Å². The van der Waals surface area contributed by atoms with Crippen LogP contribution in [0.1, 0.15) is 20.3 Å². The Kier molecular flexibility index (Phi) is 5.65. The van der Waals surface area contributed by atoms with Crippen LogP contribution in [-0.4, -0.2) is 33.2 Å². The Balaban J connectivity index is 3.62. The Morgan fingerprint density at radius 3 is 2.38 bits per heavy atom. The highest BCUT2D eigenvalue weighted by Gasteiger charge is 2.06. The van der Waals surface area contributed by atoms with Crippen LogP contribution in [0.2, 0.25) is 0 Å². The number of carbonyl (C=O) groups is 1. The van der Waals surface area contributed by atoms with Gasteiger partial charge in [-0.25, -0.2) is 13.1 Å². The predicted octanol–water partition coefficient (Wildman–Crippen LogP) is -0.548. The average Bonchev–Trinajstić information content (AvgIpc) is 2.05. The minimum absolute atomic E-state index is 0.0440. The van der Waals surface area contributed by atoms with Gasteiger partial charge in [-0.1, -0.05) is 0 Å². The second-order valence-electron chi connectivity index (χ2n) is 2.50. The summed E-state index contributed by atoms with van der Waals surface area (Å²) >= 11 is 0. The summed E-state index contributed by atoms with van der Waals surface area (Å²) in [4.78, 5) is 10.9. The number of carbonyl (C=O) groups excluding carboxylic acids is 1. The van der Waals surface area contributed by atoms with Crippen molar-refractivity contribution in [1.29, 1.82) is 0 Å². The molecule has 0 rings (SSSR count). The number of sulfonamides is 1. The summed E-state index contributed by atoms with van der Waals surface area (Å²) in [6.45, 7) is 4.10. The molecule has 0 atom stereocenters. The standard InChI is InChI=1S/C7H16N2O3S/c1-3-8-7(10)5-6-9-13(11,12)4-2/h9H,3-6H2,1-2H3,(H,8,10). The number of hydrogen-bond acceptors (Lipinski definition) is 3. The fraction of sp³-hybridized carbons (Fsp3) is 0.857. The first-order valence-corrected chi connectivity index (χ1v) is 5.91. The van der Waals surface area contributed by atoms with E-state index in [2.05, 4.69) is 10.0 Å². The summed E-state index contributed by atoms with van der Waals surface area (Å²) in [6, 6.07) is 0. The van der Waals surface area contributed by atoms with Gasteiger partial charge in [0.1, 0.15) is 0 Å². The molecule has 6 heteroatoms. The topological polar surface area (TPSA) is 75.3 Å². The van der Waals surface area contributed by atoms with E-state index < -0.39 is 10.0 Å². The third-order valence-electron chi connectivity index (χ3n) is 1.43. The molecule has 0 saturated carbocycles. The number of rotatable bonds is 6. The van der Waals surface area contributed by atoms with Gasteiger partial charge in [0.15, 0.2) is 0 Å². The Labute approximate surface area is 79.0 Å². The molecule has 0 unspecified atom stereocenters. The van der Waals surface area contributed by atoms with Gasteiger partial charge >= 0.3 is 0 Å². The largest absolute Gasteiger partial charge is 0.356 e. The van der Waals surface area contributed by atoms with Crippen LogP contribution >= 0.6 is 0 Å². The summed E-state index contributed by atoms with van der Waals surface area (Å²) in [5.41, 5.74) is 0. The Morgan fingerprint density at radius 2 is 1.92 bits per heavy atom. The van der Waals surface area contributed by atoms with Crippen molar-refractivity contribution in [2.75, 3.05) is 18.8 Å². The molecule has 0 aromatic carbocycles. The monoisotopic (exact) mass is 208 g/mol. The van der Waals surface area contributed by atoms with E-state index in [4.69, 9.17) is 0 Å². The summed E-state index contributed by atoms with van der Waals surface area (Å²) < 4.78 is 24.1. The maximum absolute atomic E-state index is 10.9. The molecule has 13 heavy (non-hydrogen) atoms. The van der Waals surface area contributed by atoms with Crippen LogP contribution in [0, 0.1) is 0 Å². The van der Waals surface area contributed by atoms with Crippen molar-refractivity contribution in [2.45, 2.75) is 20.3 Å². The van der Waals surface area contributed by atoms with Gasteiger partial charge in [0.2, 0.25) is 15.9 Å². The first-order chi connectivity index (χ1) is 6.02. The second kappa shape index (κ2) is 5.93. The third kappa shape index (κ3) is 6.53. The highest BCUT2D eigenvalue weighted by Crippen LogP contribution is 1.84. The zero-order valence-electron chi connectivity index (χ0n) is 7.96. The van der Waals surface area contributed by atoms with Crippen molar-refractivity contribution in [3.8, 4) is 0 Å². The molecule has 0 radical (unpaired) electrons. The first kappa shape index (κ1) is 12.4. The number of amides is 1. The van der Waals surface area contributed by atoms with Crippen LogP contribution in [0.3, 0.4) is 0 Å². The maximum atomic E-state index is 10.9. The molecule has 0 aromatic rings. The van der Waals surface area contributed by atoms with Gasteiger partial charge in [0.05, 0.1) is 5.75 Å². The van der Waals surface area contributed by atoms with Gasteiger partial charge in [-0.2, -0.15) is 0 Å². The van der Waals surface area contributed by atoms with Gasteiger partial charge < -0.3 is 5.32 Å². The van der Waals surface area contributed by atoms with Crippen molar-refractivity contribution in [1.82, 2.24) is 10.0 Å². The lowest BCUT2D eigenvalue weighted by Crippen LogP contribution is -2.31. The van der Waals surface area contributed by atoms with Crippen molar-refractivity contribution in [3.05, 3.63) is 0 Å². The van der Waals surface area contributed by atoms with Crippen molar-refractivity contribution >= 4 is 15.9 Å². The molecule has 0 aromatic heterocycles. The molecule has 0 aliphatic rings. The number of hydrogen-bond donors (Lipinski definition) is 2. The van der Waals surface area contributed by atoms with E-state index >= 15 is 0 Å². The van der Waals surface area contributed by atoms with Crippen LogP contribution in [0.25, 0.3) is 0 Å². The lowest BCUT2D eigenvalue weighted by molar-refractivity contribution is -0.120. The Hall–Kier alpha value is -0.620. The molecule has 78 valence electrons. The molecule has 0 aliphatic heterocycles. The fourth-order valence-corrected chi connectivity index (χ4v) is 1.32. The van der Waals surface area contributed by atoms with E-state index in [1.54, 1.807) is 6.92 Å². The Morgan fingerprint density at radius 1 is 1.31 bits per heavy atom. The summed E-state index contributed by atoms with van der Waals surface area (Å²) in [5, 5.41) is 2.58. The van der Waals surface area contributed by atoms with Crippen LogP contribution in [0.4, 0.5) is 0 Å². The minimum Gasteiger partial charge on any atom is -0.356 e. The smallest absolute Gasteiger partial charge is 0.221 e. The SMILES string of the molecule is CCNC(=O)CCNS(=O)(=O)CC. The zero-order chi connectivity index (χ0) is 10.3. The Bertz CT molecular complexity index is 248. The molecular weight excluding hydrogens is 192 g/mol. The van der Waals surface area contributed by atoms with E-state index in [1.807, 2.05) is 6.92 Å². The molecule has 0 aliphatic carbocycles. The molecule has 0 fully saturated rings. The van der Waals surface area contributed by atoms with Crippen molar-refractivity contribution < 1.29 is 13.2 Å². The summed E-state index contributed by atoms with van der Waals surface area (Å²) in [5.74, 6) is -0.0936. The van der Waals surface area contributed by atoms with Crippen LogP contribution in [0.15, 0.2) is 0 Å². The minimum atomic E-state index is -3.16. The first-order valence-electron chi connectivity index (χ1n) is 4.26. The van der Waals surface area contributed by atoms with E-state index in [1.165, 1.54) is 0 Å². The van der Waals surface area contributed by atoms with E-state index in [0.717, 1.165) is 0 Å². The van der Waals surface area contributed by atoms with Gasteiger partial charge in [-0.3, -0.25) is 4.79 Å². The molecule has 0 bridgehead atoms. The molecule has 2 N–H and O–H groups in total. The molecule has 5 nitrogen and oxygen atoms in total. The van der Waals surface area contributed by atoms with E-state index in [-0.39, 0.29) is 24.6 Å². The predicted molar refractivity (Wildman–Crippen MR) is 50.8 cm³/mol. The molecular formula is C7H16N2O3S. The zero-order valence-corrected chi connectivity index (χ0v) is 8.78. The summed E-state index contributed by atoms with van der Waals surface area (Å²) in [6.07, 6.45) is 0.188. The van der Waals surface area contributed by atoms with E-state index in [0.29, 0.717) is 6.54 Å². The lowest BCUT2D eigenvalue weighted by Gasteiger charge is -2.03. The van der Waals surface area contributed by atoms with Gasteiger partial charge in [0.25, 0.3) is 0 Å². The van der Waals surface area contributed by atoms with Crippen molar-refractivity contribution in [2.24, 2.45) is 0 Å².